The lowest BCUT2D eigenvalue weighted by Crippen LogP contribution is -1.88. The fourth-order valence-corrected chi connectivity index (χ4v) is 1.03. The van der Waals surface area contributed by atoms with Crippen molar-refractivity contribution < 1.29 is 0 Å². The van der Waals surface area contributed by atoms with E-state index < -0.39 is 0 Å². The normalized spacial score (nSPS) is 12.9. The average molecular weight is 186 g/mol. The zero-order chi connectivity index (χ0) is 10.2. The van der Waals surface area contributed by atoms with Crippen molar-refractivity contribution in [3.63, 3.8) is 0 Å². The van der Waals surface area contributed by atoms with Gasteiger partial charge in [-0.25, -0.2) is 0 Å². The molecule has 1 aromatic heterocycles. The summed E-state index contributed by atoms with van der Waals surface area (Å²) in [5.74, 6) is 0. The lowest BCUT2D eigenvalue weighted by molar-refractivity contribution is 1.28. The van der Waals surface area contributed by atoms with Gasteiger partial charge in [-0.1, -0.05) is 18.2 Å². The first-order valence-corrected chi connectivity index (χ1v) is 4.60. The summed E-state index contributed by atoms with van der Waals surface area (Å²) in [4.78, 5) is 8.37. The van der Waals surface area contributed by atoms with Crippen LogP contribution in [0, 0.1) is 0 Å². The predicted molar refractivity (Wildman–Crippen MR) is 61.2 cm³/mol. The SMILES string of the molecule is C\C=C/N=C\C(=C/C)c1ccccn1. The van der Waals surface area contributed by atoms with Crippen molar-refractivity contribution in [1.82, 2.24) is 4.98 Å². The minimum absolute atomic E-state index is 0.947. The molecular weight excluding hydrogens is 172 g/mol. The predicted octanol–water partition coefficient (Wildman–Crippen LogP) is 3.09. The summed E-state index contributed by atoms with van der Waals surface area (Å²) in [7, 11) is 0. The highest BCUT2D eigenvalue weighted by Gasteiger charge is 1.95. The van der Waals surface area contributed by atoms with E-state index in [1.54, 1.807) is 12.4 Å². The van der Waals surface area contributed by atoms with Crippen molar-refractivity contribution in [2.45, 2.75) is 13.8 Å². The molecule has 0 bridgehead atoms. The van der Waals surface area contributed by atoms with Gasteiger partial charge in [-0.05, 0) is 26.0 Å². The van der Waals surface area contributed by atoms with Crippen LogP contribution in [-0.2, 0) is 0 Å². The van der Waals surface area contributed by atoms with Gasteiger partial charge in [-0.2, -0.15) is 0 Å². The van der Waals surface area contributed by atoms with Gasteiger partial charge in [-0.3, -0.25) is 9.98 Å². The first-order chi connectivity index (χ1) is 6.88. The summed E-state index contributed by atoms with van der Waals surface area (Å²) in [6.45, 7) is 3.92. The molecule has 0 radical (unpaired) electrons. The maximum absolute atomic E-state index is 4.25. The van der Waals surface area contributed by atoms with Crippen molar-refractivity contribution >= 4 is 11.8 Å². The van der Waals surface area contributed by atoms with Crippen LogP contribution >= 0.6 is 0 Å². The molecule has 1 aromatic rings. The van der Waals surface area contributed by atoms with Crippen molar-refractivity contribution in [2.75, 3.05) is 0 Å². The molecule has 2 nitrogen and oxygen atoms in total. The van der Waals surface area contributed by atoms with E-state index in [1.807, 2.05) is 50.4 Å². The van der Waals surface area contributed by atoms with Crippen molar-refractivity contribution in [2.24, 2.45) is 4.99 Å². The molecule has 0 aliphatic rings. The quantitative estimate of drug-likeness (QED) is 0.666. The molecule has 0 N–H and O–H groups in total. The zero-order valence-corrected chi connectivity index (χ0v) is 8.51. The molecule has 0 aliphatic carbocycles. The second-order valence-electron chi connectivity index (χ2n) is 2.72. The van der Waals surface area contributed by atoms with Gasteiger partial charge in [0, 0.05) is 24.2 Å². The van der Waals surface area contributed by atoms with Crippen LogP contribution in [-0.4, -0.2) is 11.2 Å². The third-order valence-electron chi connectivity index (χ3n) is 1.72. The molecule has 72 valence electrons. The number of hydrogen-bond donors (Lipinski definition) is 0. The first kappa shape index (κ1) is 10.4. The van der Waals surface area contributed by atoms with Gasteiger partial charge in [0.15, 0.2) is 0 Å². The van der Waals surface area contributed by atoms with Gasteiger partial charge in [0.1, 0.15) is 0 Å². The van der Waals surface area contributed by atoms with Crippen LogP contribution in [0.1, 0.15) is 19.5 Å². The molecule has 0 unspecified atom stereocenters. The van der Waals surface area contributed by atoms with Gasteiger partial charge >= 0.3 is 0 Å². The van der Waals surface area contributed by atoms with Crippen LogP contribution in [0.3, 0.4) is 0 Å². The molecule has 0 aliphatic heterocycles. The molecule has 0 fully saturated rings. The molecule has 1 heterocycles. The Bertz CT molecular complexity index is 348. The summed E-state index contributed by atoms with van der Waals surface area (Å²) >= 11 is 0. The number of allylic oxidation sites excluding steroid dienone is 3. The zero-order valence-electron chi connectivity index (χ0n) is 8.51. The molecule has 14 heavy (non-hydrogen) atoms. The molecular formula is C12H14N2. The highest BCUT2D eigenvalue weighted by molar-refractivity contribution is 6.09. The van der Waals surface area contributed by atoms with Crippen LogP contribution in [0.2, 0.25) is 0 Å². The van der Waals surface area contributed by atoms with E-state index in [-0.39, 0.29) is 0 Å². The third-order valence-corrected chi connectivity index (χ3v) is 1.72. The van der Waals surface area contributed by atoms with Gasteiger partial charge in [0.25, 0.3) is 0 Å². The number of nitrogens with zero attached hydrogens (tertiary/aromatic N) is 2. The Morgan fingerprint density at radius 1 is 1.36 bits per heavy atom. The molecule has 0 saturated heterocycles. The van der Waals surface area contributed by atoms with Crippen LogP contribution < -0.4 is 0 Å². The van der Waals surface area contributed by atoms with Crippen molar-refractivity contribution in [1.29, 1.82) is 0 Å². The second-order valence-corrected chi connectivity index (χ2v) is 2.72. The van der Waals surface area contributed by atoms with Gasteiger partial charge in [0.2, 0.25) is 0 Å². The lowest BCUT2D eigenvalue weighted by Gasteiger charge is -1.97. The maximum Gasteiger partial charge on any atom is 0.0714 e. The number of rotatable bonds is 3. The monoisotopic (exact) mass is 186 g/mol. The number of hydrogen-bond acceptors (Lipinski definition) is 2. The maximum atomic E-state index is 4.25. The number of pyridine rings is 1. The van der Waals surface area contributed by atoms with E-state index in [0.29, 0.717) is 0 Å². The summed E-state index contributed by atoms with van der Waals surface area (Å²) in [5, 5.41) is 0. The Labute approximate surface area is 84.7 Å². The largest absolute Gasteiger partial charge is 0.264 e. The Balaban J connectivity index is 2.85. The van der Waals surface area contributed by atoms with Crippen LogP contribution in [0.25, 0.3) is 5.57 Å². The van der Waals surface area contributed by atoms with E-state index in [9.17, 15) is 0 Å². The molecule has 0 saturated carbocycles. The molecule has 0 aromatic carbocycles. The minimum Gasteiger partial charge on any atom is -0.264 e. The van der Waals surface area contributed by atoms with E-state index in [2.05, 4.69) is 9.98 Å². The Morgan fingerprint density at radius 2 is 2.21 bits per heavy atom. The molecule has 0 spiro atoms. The van der Waals surface area contributed by atoms with E-state index in [4.69, 9.17) is 0 Å². The molecule has 0 atom stereocenters. The van der Waals surface area contributed by atoms with Gasteiger partial charge in [-0.15, -0.1) is 0 Å². The smallest absolute Gasteiger partial charge is 0.0714 e. The lowest BCUT2D eigenvalue weighted by atomic mass is 10.2. The fourth-order valence-electron chi connectivity index (χ4n) is 1.03. The summed E-state index contributed by atoms with van der Waals surface area (Å²) in [6.07, 6.45) is 9.23. The van der Waals surface area contributed by atoms with Crippen LogP contribution in [0.15, 0.2) is 47.7 Å². The molecule has 0 amide bonds. The average Bonchev–Trinajstić information content (AvgIpc) is 2.26. The topological polar surface area (TPSA) is 25.2 Å². The van der Waals surface area contributed by atoms with Crippen molar-refractivity contribution in [3.8, 4) is 0 Å². The fraction of sp³-hybridized carbons (Fsp3) is 0.167. The van der Waals surface area contributed by atoms with Crippen LogP contribution in [0.5, 0.6) is 0 Å². The Kier molecular flexibility index (Phi) is 4.35. The van der Waals surface area contributed by atoms with Crippen LogP contribution in [0.4, 0.5) is 0 Å². The first-order valence-electron chi connectivity index (χ1n) is 4.60. The summed E-state index contributed by atoms with van der Waals surface area (Å²) in [6, 6.07) is 5.84. The minimum atomic E-state index is 0.947. The second kappa shape index (κ2) is 5.86. The van der Waals surface area contributed by atoms with E-state index >= 15 is 0 Å². The number of aromatic nitrogens is 1. The molecule has 1 rings (SSSR count). The summed E-state index contributed by atoms with van der Waals surface area (Å²) < 4.78 is 0. The van der Waals surface area contributed by atoms with E-state index in [0.717, 1.165) is 11.3 Å². The highest BCUT2D eigenvalue weighted by atomic mass is 14.7. The van der Waals surface area contributed by atoms with E-state index in [1.165, 1.54) is 0 Å². The number of aliphatic imine (C=N–C) groups is 1. The van der Waals surface area contributed by atoms with Crippen molar-refractivity contribution in [3.05, 3.63) is 48.4 Å². The Morgan fingerprint density at radius 3 is 2.79 bits per heavy atom. The van der Waals surface area contributed by atoms with Gasteiger partial charge in [0.05, 0.1) is 5.69 Å². The summed E-state index contributed by atoms with van der Waals surface area (Å²) in [5.41, 5.74) is 1.98. The third kappa shape index (κ3) is 2.98. The Hall–Kier alpha value is -1.70. The standard InChI is InChI=1S/C12H14N2/c1-3-8-13-10-11(4-2)12-7-5-6-9-14-12/h3-10H,1-2H3/b8-3-,11-4+,13-10-. The highest BCUT2D eigenvalue weighted by Crippen LogP contribution is 2.07. The molecule has 2 heteroatoms. The van der Waals surface area contributed by atoms with Gasteiger partial charge < -0.3 is 0 Å².